The van der Waals surface area contributed by atoms with E-state index in [9.17, 15) is 4.79 Å². The lowest BCUT2D eigenvalue weighted by Crippen LogP contribution is -2.28. The molecule has 0 saturated carbocycles. The zero-order chi connectivity index (χ0) is 25.5. The molecule has 1 aliphatic heterocycles. The predicted molar refractivity (Wildman–Crippen MR) is 151 cm³/mol. The van der Waals surface area contributed by atoms with Crippen molar-refractivity contribution in [3.8, 4) is 5.75 Å². The SMILES string of the molecule is O=C1/C(=C/c2cccc(OCc3ccccc3)c2)S/C(=N\N=C\c2ccc(Br)cc2)N1Cc1ccco1. The quantitative estimate of drug-likeness (QED) is 0.128. The number of rotatable bonds is 8. The Morgan fingerprint density at radius 2 is 1.78 bits per heavy atom. The maximum Gasteiger partial charge on any atom is 0.267 e. The summed E-state index contributed by atoms with van der Waals surface area (Å²) in [6, 6.07) is 29.0. The Morgan fingerprint density at radius 1 is 0.946 bits per heavy atom. The van der Waals surface area contributed by atoms with Gasteiger partial charge >= 0.3 is 0 Å². The van der Waals surface area contributed by atoms with E-state index in [0.717, 1.165) is 26.9 Å². The van der Waals surface area contributed by atoms with Gasteiger partial charge in [0.05, 0.1) is 23.9 Å². The van der Waals surface area contributed by atoms with Gasteiger partial charge in [0.2, 0.25) is 0 Å². The monoisotopic (exact) mass is 571 g/mol. The van der Waals surface area contributed by atoms with Gasteiger partial charge in [-0.15, -0.1) is 5.10 Å². The largest absolute Gasteiger partial charge is 0.489 e. The third-order valence-electron chi connectivity index (χ3n) is 5.41. The molecule has 5 rings (SSSR count). The average molecular weight is 572 g/mol. The number of benzene rings is 3. The van der Waals surface area contributed by atoms with E-state index >= 15 is 0 Å². The molecule has 6 nitrogen and oxygen atoms in total. The number of ether oxygens (including phenoxy) is 1. The highest BCUT2D eigenvalue weighted by atomic mass is 79.9. The number of nitrogens with zero attached hydrogens (tertiary/aromatic N) is 3. The van der Waals surface area contributed by atoms with Crippen LogP contribution in [-0.2, 0) is 17.9 Å². The van der Waals surface area contributed by atoms with Crippen molar-refractivity contribution in [2.75, 3.05) is 0 Å². The van der Waals surface area contributed by atoms with Crippen LogP contribution in [0.5, 0.6) is 5.75 Å². The summed E-state index contributed by atoms with van der Waals surface area (Å²) < 4.78 is 12.4. The molecule has 0 N–H and O–H groups in total. The van der Waals surface area contributed by atoms with E-state index in [1.807, 2.05) is 91.0 Å². The van der Waals surface area contributed by atoms with Crippen LogP contribution in [0.4, 0.5) is 0 Å². The number of amides is 1. The Morgan fingerprint density at radius 3 is 2.57 bits per heavy atom. The molecule has 2 heterocycles. The lowest BCUT2D eigenvalue weighted by molar-refractivity contribution is -0.122. The van der Waals surface area contributed by atoms with Gasteiger partial charge in [0.25, 0.3) is 5.91 Å². The van der Waals surface area contributed by atoms with Gasteiger partial charge < -0.3 is 9.15 Å². The number of amidine groups is 1. The maximum atomic E-state index is 13.3. The number of hydrogen-bond acceptors (Lipinski definition) is 6. The number of hydrogen-bond donors (Lipinski definition) is 0. The van der Waals surface area contributed by atoms with Gasteiger partial charge in [-0.25, -0.2) is 0 Å². The van der Waals surface area contributed by atoms with E-state index in [-0.39, 0.29) is 12.5 Å². The lowest BCUT2D eigenvalue weighted by Gasteiger charge is -2.12. The first-order valence-electron chi connectivity index (χ1n) is 11.5. The van der Waals surface area contributed by atoms with Crippen LogP contribution in [-0.4, -0.2) is 22.2 Å². The Hall–Kier alpha value is -3.88. The zero-order valence-electron chi connectivity index (χ0n) is 19.7. The molecule has 0 radical (unpaired) electrons. The average Bonchev–Trinajstić information content (AvgIpc) is 3.54. The number of carbonyl (C=O) groups is 1. The molecule has 1 aromatic heterocycles. The minimum absolute atomic E-state index is 0.158. The van der Waals surface area contributed by atoms with Crippen molar-refractivity contribution in [2.24, 2.45) is 10.2 Å². The molecule has 1 fully saturated rings. The molecular formula is C29H22BrN3O3S. The molecule has 0 atom stereocenters. The van der Waals surface area contributed by atoms with Crippen molar-refractivity contribution >= 4 is 51.1 Å². The normalized spacial score (nSPS) is 15.8. The van der Waals surface area contributed by atoms with Gasteiger partial charge in [-0.2, -0.15) is 5.10 Å². The summed E-state index contributed by atoms with van der Waals surface area (Å²) in [6.07, 6.45) is 5.09. The molecule has 1 aliphatic rings. The fraction of sp³-hybridized carbons (Fsp3) is 0.0690. The van der Waals surface area contributed by atoms with E-state index in [4.69, 9.17) is 9.15 Å². The minimum atomic E-state index is -0.158. The second kappa shape index (κ2) is 11.9. The number of thioether (sulfide) groups is 1. The second-order valence-corrected chi connectivity index (χ2v) is 10.0. The molecule has 0 unspecified atom stereocenters. The van der Waals surface area contributed by atoms with Crippen molar-refractivity contribution in [1.82, 2.24) is 4.90 Å². The standard InChI is InChI=1S/C29H22BrN3O3S/c30-24-13-11-21(12-14-24)18-31-32-29-33(19-26-10-5-15-35-26)28(34)27(37-29)17-23-8-4-9-25(16-23)36-20-22-6-2-1-3-7-22/h1-18H,19-20H2/b27-17-,31-18+,32-29-. The molecule has 8 heteroatoms. The predicted octanol–water partition coefficient (Wildman–Crippen LogP) is 7.13. The van der Waals surface area contributed by atoms with Crippen LogP contribution >= 0.6 is 27.7 Å². The zero-order valence-corrected chi connectivity index (χ0v) is 22.1. The molecule has 0 spiro atoms. The van der Waals surface area contributed by atoms with Gasteiger partial charge in [-0.05, 0) is 70.9 Å². The fourth-order valence-electron chi connectivity index (χ4n) is 3.56. The van der Waals surface area contributed by atoms with Crippen LogP contribution in [0.25, 0.3) is 6.08 Å². The number of carbonyl (C=O) groups excluding carboxylic acids is 1. The summed E-state index contributed by atoms with van der Waals surface area (Å²) >= 11 is 4.71. The van der Waals surface area contributed by atoms with Crippen LogP contribution in [0.2, 0.25) is 0 Å². The van der Waals surface area contributed by atoms with Crippen molar-refractivity contribution < 1.29 is 13.9 Å². The molecule has 0 bridgehead atoms. The summed E-state index contributed by atoms with van der Waals surface area (Å²) in [4.78, 5) is 15.5. The first-order chi connectivity index (χ1) is 18.1. The molecular weight excluding hydrogens is 550 g/mol. The summed E-state index contributed by atoms with van der Waals surface area (Å²) in [5.74, 6) is 1.24. The highest BCUT2D eigenvalue weighted by Crippen LogP contribution is 2.34. The topological polar surface area (TPSA) is 67.4 Å². The fourth-order valence-corrected chi connectivity index (χ4v) is 4.76. The summed E-state index contributed by atoms with van der Waals surface area (Å²) in [6.45, 7) is 0.738. The lowest BCUT2D eigenvalue weighted by atomic mass is 10.2. The van der Waals surface area contributed by atoms with Crippen molar-refractivity contribution in [2.45, 2.75) is 13.2 Å². The van der Waals surface area contributed by atoms with E-state index in [0.29, 0.717) is 22.4 Å². The number of halogens is 1. The van der Waals surface area contributed by atoms with Crippen LogP contribution in [0.1, 0.15) is 22.5 Å². The van der Waals surface area contributed by atoms with Gasteiger partial charge in [-0.1, -0.05) is 70.5 Å². The first kappa shape index (κ1) is 24.8. The Kier molecular flexibility index (Phi) is 7.98. The highest BCUT2D eigenvalue weighted by molar-refractivity contribution is 9.10. The molecule has 4 aromatic rings. The van der Waals surface area contributed by atoms with Crippen molar-refractivity contribution in [1.29, 1.82) is 0 Å². The third-order valence-corrected chi connectivity index (χ3v) is 6.93. The smallest absolute Gasteiger partial charge is 0.267 e. The van der Waals surface area contributed by atoms with Crippen LogP contribution in [0.3, 0.4) is 0 Å². The molecule has 1 amide bonds. The van der Waals surface area contributed by atoms with Crippen LogP contribution in [0, 0.1) is 0 Å². The highest BCUT2D eigenvalue weighted by Gasteiger charge is 2.34. The van der Waals surface area contributed by atoms with Crippen LogP contribution in [0.15, 0.2) is 121 Å². The molecule has 1 saturated heterocycles. The maximum absolute atomic E-state index is 13.3. The van der Waals surface area contributed by atoms with Crippen LogP contribution < -0.4 is 4.74 Å². The van der Waals surface area contributed by atoms with E-state index in [1.54, 1.807) is 23.4 Å². The van der Waals surface area contributed by atoms with Gasteiger partial charge in [0, 0.05) is 4.47 Å². The first-order valence-corrected chi connectivity index (χ1v) is 13.1. The minimum Gasteiger partial charge on any atom is -0.489 e. The second-order valence-electron chi connectivity index (χ2n) is 8.11. The summed E-state index contributed by atoms with van der Waals surface area (Å²) in [5.41, 5.74) is 2.85. The summed E-state index contributed by atoms with van der Waals surface area (Å²) in [7, 11) is 0. The third kappa shape index (κ3) is 6.67. The molecule has 184 valence electrons. The van der Waals surface area contributed by atoms with Gasteiger partial charge in [-0.3, -0.25) is 9.69 Å². The van der Waals surface area contributed by atoms with Gasteiger partial charge in [0.1, 0.15) is 18.1 Å². The van der Waals surface area contributed by atoms with Gasteiger partial charge in [0.15, 0.2) is 5.17 Å². The Balaban J connectivity index is 1.36. The Bertz CT molecular complexity index is 1450. The van der Waals surface area contributed by atoms with E-state index in [1.165, 1.54) is 11.8 Å². The van der Waals surface area contributed by atoms with E-state index < -0.39 is 0 Å². The van der Waals surface area contributed by atoms with Crippen molar-refractivity contribution in [3.63, 3.8) is 0 Å². The number of furan rings is 1. The molecule has 37 heavy (non-hydrogen) atoms. The molecule has 3 aromatic carbocycles. The molecule has 0 aliphatic carbocycles. The van der Waals surface area contributed by atoms with Crippen molar-refractivity contribution in [3.05, 3.63) is 129 Å². The Labute approximate surface area is 227 Å². The van der Waals surface area contributed by atoms with E-state index in [2.05, 4.69) is 26.1 Å². The summed E-state index contributed by atoms with van der Waals surface area (Å²) in [5, 5.41) is 9.08.